The van der Waals surface area contributed by atoms with Crippen LogP contribution in [0.4, 0.5) is 15.8 Å². The second kappa shape index (κ2) is 7.83. The van der Waals surface area contributed by atoms with Gasteiger partial charge in [0.15, 0.2) is 5.82 Å². The number of fused-ring (bicyclic) bond motifs is 2. The molecule has 1 aliphatic rings. The number of carbonyl (C=O) groups is 1. The van der Waals surface area contributed by atoms with E-state index in [9.17, 15) is 9.18 Å². The van der Waals surface area contributed by atoms with Crippen LogP contribution in [0.15, 0.2) is 43.0 Å². The standard InChI is InChI=1S/C23H24FN7O/c1-13-9-31(10-14(2)27-13)20-5-4-17(22-18(20)8-25-12-26-22)23(32)28-16-6-15-11-30(3)29-21(15)19(24)7-16/h4-8,11-14,27H,9-10H2,1-3H3,(H,28,32). The molecule has 2 unspecified atom stereocenters. The first-order valence-corrected chi connectivity index (χ1v) is 10.6. The zero-order valence-electron chi connectivity index (χ0n) is 18.1. The van der Waals surface area contributed by atoms with Gasteiger partial charge < -0.3 is 15.5 Å². The first kappa shape index (κ1) is 20.3. The fourth-order valence-corrected chi connectivity index (χ4v) is 4.53. The lowest BCUT2D eigenvalue weighted by atomic mass is 10.0. The molecule has 0 radical (unpaired) electrons. The molecule has 0 saturated carbocycles. The van der Waals surface area contributed by atoms with Crippen LogP contribution in [-0.4, -0.2) is 50.8 Å². The minimum Gasteiger partial charge on any atom is -0.368 e. The largest absolute Gasteiger partial charge is 0.368 e. The maximum absolute atomic E-state index is 14.4. The second-order valence-corrected chi connectivity index (χ2v) is 8.44. The zero-order valence-corrected chi connectivity index (χ0v) is 18.1. The van der Waals surface area contributed by atoms with Crippen LogP contribution in [0.3, 0.4) is 0 Å². The van der Waals surface area contributed by atoms with Crippen molar-refractivity contribution in [1.82, 2.24) is 25.1 Å². The summed E-state index contributed by atoms with van der Waals surface area (Å²) in [5.74, 6) is -0.840. The molecular weight excluding hydrogens is 409 g/mol. The van der Waals surface area contributed by atoms with Crippen molar-refractivity contribution in [1.29, 1.82) is 0 Å². The monoisotopic (exact) mass is 433 g/mol. The first-order valence-electron chi connectivity index (χ1n) is 10.6. The van der Waals surface area contributed by atoms with Crippen LogP contribution in [0.2, 0.25) is 0 Å². The number of hydrogen-bond acceptors (Lipinski definition) is 6. The van der Waals surface area contributed by atoms with Crippen LogP contribution < -0.4 is 15.5 Å². The summed E-state index contributed by atoms with van der Waals surface area (Å²) in [5, 5.41) is 11.9. The number of carbonyl (C=O) groups excluding carboxylic acids is 1. The smallest absolute Gasteiger partial charge is 0.257 e. The Balaban J connectivity index is 1.50. The molecule has 3 heterocycles. The lowest BCUT2D eigenvalue weighted by molar-refractivity contribution is 0.102. The van der Waals surface area contributed by atoms with E-state index < -0.39 is 5.82 Å². The van der Waals surface area contributed by atoms with E-state index in [1.54, 1.807) is 36.3 Å². The van der Waals surface area contributed by atoms with Crippen molar-refractivity contribution in [2.75, 3.05) is 23.3 Å². The number of nitrogens with zero attached hydrogens (tertiary/aromatic N) is 5. The third-order valence-corrected chi connectivity index (χ3v) is 5.73. The number of halogens is 1. The molecule has 164 valence electrons. The Labute approximate surface area is 184 Å². The summed E-state index contributed by atoms with van der Waals surface area (Å²) in [5.41, 5.74) is 2.61. The Bertz CT molecular complexity index is 1320. The molecule has 5 rings (SSSR count). The van der Waals surface area contributed by atoms with E-state index in [0.717, 1.165) is 24.2 Å². The highest BCUT2D eigenvalue weighted by Gasteiger charge is 2.24. The molecule has 2 atom stereocenters. The summed E-state index contributed by atoms with van der Waals surface area (Å²) in [4.78, 5) is 24.0. The molecule has 8 nitrogen and oxygen atoms in total. The number of piperazine rings is 1. The minimum absolute atomic E-state index is 0.271. The van der Waals surface area contributed by atoms with Gasteiger partial charge in [0, 0.05) is 66.8 Å². The highest BCUT2D eigenvalue weighted by atomic mass is 19.1. The van der Waals surface area contributed by atoms with E-state index in [1.165, 1.54) is 12.4 Å². The maximum Gasteiger partial charge on any atom is 0.257 e. The molecule has 1 amide bonds. The molecule has 1 aliphatic heterocycles. The SMILES string of the molecule is CC1CN(c2ccc(C(=O)Nc3cc(F)c4nn(C)cc4c3)c3ncncc23)CC(C)N1. The van der Waals surface area contributed by atoms with Crippen molar-refractivity contribution >= 4 is 39.1 Å². The van der Waals surface area contributed by atoms with Gasteiger partial charge in [-0.3, -0.25) is 9.48 Å². The topological polar surface area (TPSA) is 88.0 Å². The molecule has 2 N–H and O–H groups in total. The molecule has 1 fully saturated rings. The predicted molar refractivity (Wildman–Crippen MR) is 122 cm³/mol. The third kappa shape index (κ3) is 3.64. The van der Waals surface area contributed by atoms with E-state index in [4.69, 9.17) is 0 Å². The van der Waals surface area contributed by atoms with Gasteiger partial charge in [-0.1, -0.05) is 0 Å². The Morgan fingerprint density at radius 1 is 1.19 bits per heavy atom. The Morgan fingerprint density at radius 3 is 2.75 bits per heavy atom. The molecule has 0 aliphatic carbocycles. The number of aryl methyl sites for hydroxylation is 1. The molecule has 0 spiro atoms. The van der Waals surface area contributed by atoms with E-state index in [1.807, 2.05) is 6.07 Å². The average molecular weight is 433 g/mol. The van der Waals surface area contributed by atoms with Crippen LogP contribution in [0.1, 0.15) is 24.2 Å². The summed E-state index contributed by atoms with van der Waals surface area (Å²) >= 11 is 0. The van der Waals surface area contributed by atoms with Crippen molar-refractivity contribution in [2.45, 2.75) is 25.9 Å². The van der Waals surface area contributed by atoms with Gasteiger partial charge in [-0.25, -0.2) is 14.4 Å². The number of hydrogen-bond donors (Lipinski definition) is 2. The van der Waals surface area contributed by atoms with Gasteiger partial charge in [0.05, 0.1) is 11.1 Å². The molecular formula is C23H24FN7O. The maximum atomic E-state index is 14.4. The van der Waals surface area contributed by atoms with Gasteiger partial charge in [-0.05, 0) is 38.1 Å². The lowest BCUT2D eigenvalue weighted by Gasteiger charge is -2.38. The van der Waals surface area contributed by atoms with Crippen LogP contribution in [0, 0.1) is 5.82 Å². The van der Waals surface area contributed by atoms with Gasteiger partial charge in [0.2, 0.25) is 0 Å². The molecule has 32 heavy (non-hydrogen) atoms. The molecule has 4 aromatic rings. The highest BCUT2D eigenvalue weighted by molar-refractivity contribution is 6.14. The Morgan fingerprint density at radius 2 is 1.97 bits per heavy atom. The summed E-state index contributed by atoms with van der Waals surface area (Å²) in [6.45, 7) is 6.01. The summed E-state index contributed by atoms with van der Waals surface area (Å²) in [6.07, 6.45) is 4.89. The van der Waals surface area contributed by atoms with Crippen molar-refractivity contribution in [2.24, 2.45) is 7.05 Å². The Kier molecular flexibility index (Phi) is 4.97. The van der Waals surface area contributed by atoms with E-state index in [2.05, 4.69) is 44.4 Å². The number of amides is 1. The number of nitrogens with one attached hydrogen (secondary N) is 2. The van der Waals surface area contributed by atoms with E-state index in [0.29, 0.717) is 34.2 Å². The molecule has 2 aromatic heterocycles. The zero-order chi connectivity index (χ0) is 22.4. The number of rotatable bonds is 3. The first-order chi connectivity index (χ1) is 15.4. The molecule has 9 heteroatoms. The van der Waals surface area contributed by atoms with Crippen LogP contribution in [0.5, 0.6) is 0 Å². The van der Waals surface area contributed by atoms with E-state index in [-0.39, 0.29) is 11.4 Å². The van der Waals surface area contributed by atoms with Gasteiger partial charge in [0.25, 0.3) is 5.91 Å². The average Bonchev–Trinajstić information content (AvgIpc) is 3.13. The van der Waals surface area contributed by atoms with Gasteiger partial charge in [0.1, 0.15) is 11.8 Å². The third-order valence-electron chi connectivity index (χ3n) is 5.73. The van der Waals surface area contributed by atoms with Crippen molar-refractivity contribution in [3.05, 3.63) is 54.4 Å². The lowest BCUT2D eigenvalue weighted by Crippen LogP contribution is -2.54. The number of anilines is 2. The quantitative estimate of drug-likeness (QED) is 0.516. The normalized spacial score (nSPS) is 18.9. The summed E-state index contributed by atoms with van der Waals surface area (Å²) < 4.78 is 16.0. The molecule has 0 bridgehead atoms. The molecule has 1 saturated heterocycles. The summed E-state index contributed by atoms with van der Waals surface area (Å²) in [6, 6.07) is 7.39. The predicted octanol–water partition coefficient (Wildman–Crippen LogP) is 3.09. The minimum atomic E-state index is -0.483. The summed E-state index contributed by atoms with van der Waals surface area (Å²) in [7, 11) is 1.73. The van der Waals surface area contributed by atoms with Gasteiger partial charge in [-0.15, -0.1) is 0 Å². The van der Waals surface area contributed by atoms with Gasteiger partial charge in [-0.2, -0.15) is 5.10 Å². The molecule has 2 aromatic carbocycles. The highest BCUT2D eigenvalue weighted by Crippen LogP contribution is 2.30. The van der Waals surface area contributed by atoms with E-state index >= 15 is 0 Å². The number of aromatic nitrogens is 4. The second-order valence-electron chi connectivity index (χ2n) is 8.44. The van der Waals surface area contributed by atoms with Crippen molar-refractivity contribution < 1.29 is 9.18 Å². The van der Waals surface area contributed by atoms with Crippen molar-refractivity contribution in [3.63, 3.8) is 0 Å². The van der Waals surface area contributed by atoms with Crippen LogP contribution in [0.25, 0.3) is 21.8 Å². The fraction of sp³-hybridized carbons (Fsp3) is 0.304. The van der Waals surface area contributed by atoms with Crippen LogP contribution in [-0.2, 0) is 7.05 Å². The van der Waals surface area contributed by atoms with Crippen LogP contribution >= 0.6 is 0 Å². The fourth-order valence-electron chi connectivity index (χ4n) is 4.53. The number of benzene rings is 2. The van der Waals surface area contributed by atoms with Crippen molar-refractivity contribution in [3.8, 4) is 0 Å². The Hall–Kier alpha value is -3.59. The van der Waals surface area contributed by atoms with Gasteiger partial charge >= 0.3 is 0 Å².